The van der Waals surface area contributed by atoms with Crippen molar-refractivity contribution in [3.05, 3.63) is 47.9 Å². The van der Waals surface area contributed by atoms with Crippen molar-refractivity contribution in [3.63, 3.8) is 0 Å². The van der Waals surface area contributed by atoms with Crippen molar-refractivity contribution in [3.8, 4) is 0 Å². The van der Waals surface area contributed by atoms with Crippen LogP contribution in [0.25, 0.3) is 10.9 Å². The third kappa shape index (κ3) is 2.67. The number of nitrogens with zero attached hydrogens (tertiary/aromatic N) is 3. The molecule has 5 nitrogen and oxygen atoms in total. The highest BCUT2D eigenvalue weighted by Crippen LogP contribution is 2.24. The number of halogens is 1. The van der Waals surface area contributed by atoms with E-state index in [1.807, 2.05) is 35.1 Å². The third-order valence-corrected chi connectivity index (χ3v) is 3.25. The summed E-state index contributed by atoms with van der Waals surface area (Å²) in [6.45, 7) is 1.50. The fourth-order valence-corrected chi connectivity index (χ4v) is 2.25. The van der Waals surface area contributed by atoms with Crippen LogP contribution >= 0.6 is 11.6 Å². The third-order valence-electron chi connectivity index (χ3n) is 3.01. The number of nitrogens with two attached hydrogens (primary N) is 1. The first-order chi connectivity index (χ1) is 9.72. The maximum Gasteiger partial charge on any atom is 0.0737 e. The highest BCUT2D eigenvalue weighted by Gasteiger charge is 2.02. The SMILES string of the molecule is Nc1cnn(CCNc2ccnc3cc(Cl)ccc23)c1. The lowest BCUT2D eigenvalue weighted by atomic mass is 10.2. The number of benzene rings is 1. The van der Waals surface area contributed by atoms with Crippen LogP contribution in [0.5, 0.6) is 0 Å². The lowest BCUT2D eigenvalue weighted by Gasteiger charge is -2.09. The maximum absolute atomic E-state index is 5.97. The summed E-state index contributed by atoms with van der Waals surface area (Å²) in [6, 6.07) is 7.65. The molecule has 6 heteroatoms. The minimum atomic E-state index is 0.675. The number of pyridine rings is 1. The van der Waals surface area contributed by atoms with E-state index in [2.05, 4.69) is 15.4 Å². The summed E-state index contributed by atoms with van der Waals surface area (Å²) < 4.78 is 1.81. The smallest absolute Gasteiger partial charge is 0.0737 e. The molecule has 3 aromatic rings. The zero-order valence-corrected chi connectivity index (χ0v) is 11.5. The normalized spacial score (nSPS) is 10.8. The van der Waals surface area contributed by atoms with Crippen LogP contribution in [0.15, 0.2) is 42.9 Å². The number of hydrogen-bond donors (Lipinski definition) is 2. The Morgan fingerprint density at radius 2 is 2.20 bits per heavy atom. The minimum absolute atomic E-state index is 0.675. The first kappa shape index (κ1) is 12.7. The van der Waals surface area contributed by atoms with Crippen molar-refractivity contribution >= 4 is 33.9 Å². The van der Waals surface area contributed by atoms with Gasteiger partial charge in [0.15, 0.2) is 0 Å². The second-order valence-electron chi connectivity index (χ2n) is 4.48. The second-order valence-corrected chi connectivity index (χ2v) is 4.92. The van der Waals surface area contributed by atoms with Gasteiger partial charge in [0.2, 0.25) is 0 Å². The molecule has 0 atom stereocenters. The van der Waals surface area contributed by atoms with Gasteiger partial charge in [-0.15, -0.1) is 0 Å². The number of nitrogens with one attached hydrogen (secondary N) is 1. The van der Waals surface area contributed by atoms with Crippen molar-refractivity contribution in [1.82, 2.24) is 14.8 Å². The monoisotopic (exact) mass is 287 g/mol. The summed E-state index contributed by atoms with van der Waals surface area (Å²) in [5.74, 6) is 0. The molecule has 20 heavy (non-hydrogen) atoms. The van der Waals surface area contributed by atoms with E-state index < -0.39 is 0 Å². The van der Waals surface area contributed by atoms with Crippen molar-refractivity contribution in [2.75, 3.05) is 17.6 Å². The largest absolute Gasteiger partial charge is 0.396 e. The summed E-state index contributed by atoms with van der Waals surface area (Å²) in [4.78, 5) is 4.31. The molecule has 0 saturated carbocycles. The zero-order valence-electron chi connectivity index (χ0n) is 10.8. The topological polar surface area (TPSA) is 68.8 Å². The lowest BCUT2D eigenvalue weighted by molar-refractivity contribution is 0.638. The van der Waals surface area contributed by atoms with Crippen LogP contribution in [0.2, 0.25) is 5.02 Å². The molecule has 0 fully saturated rings. The van der Waals surface area contributed by atoms with Gasteiger partial charge in [-0.1, -0.05) is 11.6 Å². The van der Waals surface area contributed by atoms with Crippen LogP contribution in [-0.4, -0.2) is 21.3 Å². The number of fused-ring (bicyclic) bond motifs is 1. The first-order valence-electron chi connectivity index (χ1n) is 6.28. The average Bonchev–Trinajstić information content (AvgIpc) is 2.84. The van der Waals surface area contributed by atoms with E-state index in [9.17, 15) is 0 Å². The predicted octanol–water partition coefficient (Wildman–Crippen LogP) is 2.78. The van der Waals surface area contributed by atoms with Gasteiger partial charge >= 0.3 is 0 Å². The summed E-state index contributed by atoms with van der Waals surface area (Å²) in [5.41, 5.74) is 8.21. The quantitative estimate of drug-likeness (QED) is 0.774. The van der Waals surface area contributed by atoms with E-state index in [-0.39, 0.29) is 0 Å². The number of hydrogen-bond acceptors (Lipinski definition) is 4. The fraction of sp³-hybridized carbons (Fsp3) is 0.143. The van der Waals surface area contributed by atoms with E-state index in [1.165, 1.54) is 0 Å². The van der Waals surface area contributed by atoms with E-state index in [0.717, 1.165) is 29.7 Å². The van der Waals surface area contributed by atoms with Crippen molar-refractivity contribution in [2.24, 2.45) is 0 Å². The molecular weight excluding hydrogens is 274 g/mol. The molecule has 0 spiro atoms. The van der Waals surface area contributed by atoms with Crippen LogP contribution in [0.4, 0.5) is 11.4 Å². The molecule has 0 saturated heterocycles. The molecule has 0 aliphatic heterocycles. The van der Waals surface area contributed by atoms with Crippen LogP contribution in [0.3, 0.4) is 0 Å². The molecule has 1 aromatic carbocycles. The van der Waals surface area contributed by atoms with E-state index >= 15 is 0 Å². The van der Waals surface area contributed by atoms with Gasteiger partial charge in [0.1, 0.15) is 0 Å². The molecule has 0 amide bonds. The average molecular weight is 288 g/mol. The molecule has 0 aliphatic rings. The summed E-state index contributed by atoms with van der Waals surface area (Å²) in [5, 5.41) is 9.26. The maximum atomic E-state index is 5.97. The number of rotatable bonds is 4. The molecule has 0 bridgehead atoms. The number of anilines is 2. The Labute approximate surface area is 121 Å². The van der Waals surface area contributed by atoms with Gasteiger partial charge in [0.25, 0.3) is 0 Å². The van der Waals surface area contributed by atoms with E-state index in [1.54, 1.807) is 12.4 Å². The fourth-order valence-electron chi connectivity index (χ4n) is 2.08. The van der Waals surface area contributed by atoms with Crippen LogP contribution in [-0.2, 0) is 6.54 Å². The lowest BCUT2D eigenvalue weighted by Crippen LogP contribution is -2.11. The van der Waals surface area contributed by atoms with E-state index in [4.69, 9.17) is 17.3 Å². The van der Waals surface area contributed by atoms with Crippen molar-refractivity contribution < 1.29 is 0 Å². The van der Waals surface area contributed by atoms with E-state index in [0.29, 0.717) is 10.7 Å². The van der Waals surface area contributed by atoms with Gasteiger partial charge in [-0.2, -0.15) is 5.10 Å². The molecule has 0 aliphatic carbocycles. The van der Waals surface area contributed by atoms with Crippen molar-refractivity contribution in [1.29, 1.82) is 0 Å². The van der Waals surface area contributed by atoms with Gasteiger partial charge in [-0.05, 0) is 24.3 Å². The molecule has 0 radical (unpaired) electrons. The van der Waals surface area contributed by atoms with Gasteiger partial charge in [0.05, 0.1) is 23.9 Å². The van der Waals surface area contributed by atoms with Gasteiger partial charge in [-0.3, -0.25) is 9.67 Å². The molecular formula is C14H14ClN5. The molecule has 3 rings (SSSR count). The first-order valence-corrected chi connectivity index (χ1v) is 6.66. The Hall–Kier alpha value is -2.27. The Balaban J connectivity index is 1.74. The molecule has 102 valence electrons. The Morgan fingerprint density at radius 1 is 1.30 bits per heavy atom. The zero-order chi connectivity index (χ0) is 13.9. The Kier molecular flexibility index (Phi) is 3.43. The second kappa shape index (κ2) is 5.38. The van der Waals surface area contributed by atoms with Gasteiger partial charge in [-0.25, -0.2) is 0 Å². The van der Waals surface area contributed by atoms with Crippen LogP contribution in [0, 0.1) is 0 Å². The summed E-state index contributed by atoms with van der Waals surface area (Å²) in [6.07, 6.45) is 5.23. The number of nitrogen functional groups attached to an aromatic ring is 1. The standard InChI is InChI=1S/C14H14ClN5/c15-10-1-2-12-13(3-4-17-14(12)7-10)18-5-6-20-9-11(16)8-19-20/h1-4,7-9H,5-6,16H2,(H,17,18). The van der Waals surface area contributed by atoms with Gasteiger partial charge in [0, 0.05) is 35.0 Å². The predicted molar refractivity (Wildman–Crippen MR) is 81.9 cm³/mol. The molecule has 3 N–H and O–H groups in total. The molecule has 2 aromatic heterocycles. The van der Waals surface area contributed by atoms with Crippen LogP contribution in [0.1, 0.15) is 0 Å². The Bertz CT molecular complexity index is 737. The molecule has 2 heterocycles. The van der Waals surface area contributed by atoms with Gasteiger partial charge < -0.3 is 11.1 Å². The highest BCUT2D eigenvalue weighted by molar-refractivity contribution is 6.31. The van der Waals surface area contributed by atoms with Crippen LogP contribution < -0.4 is 11.1 Å². The summed E-state index contributed by atoms with van der Waals surface area (Å²) >= 11 is 5.97. The highest BCUT2D eigenvalue weighted by atomic mass is 35.5. The molecule has 0 unspecified atom stereocenters. The minimum Gasteiger partial charge on any atom is -0.396 e. The number of aromatic nitrogens is 3. The summed E-state index contributed by atoms with van der Waals surface area (Å²) in [7, 11) is 0. The Morgan fingerprint density at radius 3 is 3.00 bits per heavy atom. The van der Waals surface area contributed by atoms with Crippen molar-refractivity contribution in [2.45, 2.75) is 6.54 Å².